The lowest BCUT2D eigenvalue weighted by Gasteiger charge is -2.30. The SMILES string of the molecule is CCN(CC(C)/C(N)=N/O)S(=O)(=O)N(C)C(C)C. The highest BCUT2D eigenvalue weighted by atomic mass is 32.2. The smallest absolute Gasteiger partial charge is 0.281 e. The van der Waals surface area contributed by atoms with Gasteiger partial charge >= 0.3 is 0 Å². The van der Waals surface area contributed by atoms with Crippen LogP contribution in [0.5, 0.6) is 0 Å². The molecule has 8 heteroatoms. The van der Waals surface area contributed by atoms with E-state index in [2.05, 4.69) is 5.16 Å². The quantitative estimate of drug-likeness (QED) is 0.303. The summed E-state index contributed by atoms with van der Waals surface area (Å²) in [5.41, 5.74) is 5.46. The van der Waals surface area contributed by atoms with Gasteiger partial charge in [-0.1, -0.05) is 19.0 Å². The highest BCUT2D eigenvalue weighted by molar-refractivity contribution is 7.86. The van der Waals surface area contributed by atoms with Crippen LogP contribution in [-0.4, -0.2) is 54.3 Å². The van der Waals surface area contributed by atoms with Gasteiger partial charge in [0, 0.05) is 32.1 Å². The van der Waals surface area contributed by atoms with Crippen LogP contribution in [0.25, 0.3) is 0 Å². The Morgan fingerprint density at radius 3 is 2.22 bits per heavy atom. The second-order valence-electron chi connectivity index (χ2n) is 4.49. The molecule has 0 radical (unpaired) electrons. The zero-order valence-electron chi connectivity index (χ0n) is 11.7. The molecule has 0 aliphatic heterocycles. The monoisotopic (exact) mass is 280 g/mol. The average molecular weight is 280 g/mol. The third-order valence-corrected chi connectivity index (χ3v) is 5.08. The summed E-state index contributed by atoms with van der Waals surface area (Å²) in [5.74, 6) is -0.318. The second-order valence-corrected chi connectivity index (χ2v) is 6.48. The van der Waals surface area contributed by atoms with Gasteiger partial charge < -0.3 is 10.9 Å². The van der Waals surface area contributed by atoms with E-state index in [1.807, 2.05) is 0 Å². The Bertz CT molecular complexity index is 381. The third kappa shape index (κ3) is 4.11. The molecule has 0 aliphatic rings. The number of nitrogens with two attached hydrogens (primary N) is 1. The van der Waals surface area contributed by atoms with E-state index in [9.17, 15) is 8.42 Å². The van der Waals surface area contributed by atoms with Crippen molar-refractivity contribution in [2.45, 2.75) is 33.7 Å². The molecule has 3 N–H and O–H groups in total. The Morgan fingerprint density at radius 2 is 1.89 bits per heavy atom. The summed E-state index contributed by atoms with van der Waals surface area (Å²) in [7, 11) is -1.97. The minimum Gasteiger partial charge on any atom is -0.409 e. The molecule has 1 atom stereocenters. The predicted molar refractivity (Wildman–Crippen MR) is 71.6 cm³/mol. The van der Waals surface area contributed by atoms with E-state index in [1.54, 1.807) is 27.7 Å². The fourth-order valence-electron chi connectivity index (χ4n) is 1.33. The molecule has 0 saturated carbocycles. The van der Waals surface area contributed by atoms with Gasteiger partial charge in [0.05, 0.1) is 0 Å². The van der Waals surface area contributed by atoms with Crippen molar-refractivity contribution in [1.82, 2.24) is 8.61 Å². The molecule has 0 rings (SSSR count). The van der Waals surface area contributed by atoms with Crippen molar-refractivity contribution in [3.05, 3.63) is 0 Å². The Labute approximate surface area is 109 Å². The average Bonchev–Trinajstić information content (AvgIpc) is 2.32. The number of amidine groups is 1. The van der Waals surface area contributed by atoms with Gasteiger partial charge in [-0.05, 0) is 13.8 Å². The van der Waals surface area contributed by atoms with E-state index in [-0.39, 0.29) is 24.3 Å². The minimum atomic E-state index is -3.51. The van der Waals surface area contributed by atoms with Gasteiger partial charge in [-0.25, -0.2) is 0 Å². The van der Waals surface area contributed by atoms with E-state index < -0.39 is 10.2 Å². The molecule has 0 heterocycles. The summed E-state index contributed by atoms with van der Waals surface area (Å²) in [6, 6.07) is -0.122. The molecule has 18 heavy (non-hydrogen) atoms. The van der Waals surface area contributed by atoms with Crippen LogP contribution in [0.3, 0.4) is 0 Å². The van der Waals surface area contributed by atoms with Crippen LogP contribution in [0.15, 0.2) is 5.16 Å². The van der Waals surface area contributed by atoms with Gasteiger partial charge in [0.25, 0.3) is 10.2 Å². The lowest BCUT2D eigenvalue weighted by atomic mass is 10.1. The topological polar surface area (TPSA) is 99.2 Å². The van der Waals surface area contributed by atoms with Crippen molar-refractivity contribution in [3.8, 4) is 0 Å². The lowest BCUT2D eigenvalue weighted by molar-refractivity contribution is 0.306. The van der Waals surface area contributed by atoms with E-state index in [1.165, 1.54) is 15.7 Å². The Balaban J connectivity index is 5.00. The fraction of sp³-hybridized carbons (Fsp3) is 0.900. The lowest BCUT2D eigenvalue weighted by Crippen LogP contribution is -2.47. The molecular weight excluding hydrogens is 256 g/mol. The molecule has 0 fully saturated rings. The van der Waals surface area contributed by atoms with Crippen molar-refractivity contribution in [2.24, 2.45) is 16.8 Å². The molecule has 7 nitrogen and oxygen atoms in total. The van der Waals surface area contributed by atoms with Crippen LogP contribution in [0.1, 0.15) is 27.7 Å². The highest BCUT2D eigenvalue weighted by Crippen LogP contribution is 2.12. The highest BCUT2D eigenvalue weighted by Gasteiger charge is 2.29. The number of nitrogens with zero attached hydrogens (tertiary/aromatic N) is 3. The number of oxime groups is 1. The van der Waals surface area contributed by atoms with Crippen LogP contribution < -0.4 is 5.73 Å². The number of hydrogen-bond acceptors (Lipinski definition) is 4. The number of hydrogen-bond donors (Lipinski definition) is 2. The van der Waals surface area contributed by atoms with E-state index in [4.69, 9.17) is 10.9 Å². The fourth-order valence-corrected chi connectivity index (χ4v) is 2.97. The summed E-state index contributed by atoms with van der Waals surface area (Å²) in [6.45, 7) is 7.60. The maximum absolute atomic E-state index is 12.3. The summed E-state index contributed by atoms with van der Waals surface area (Å²) in [5, 5.41) is 11.5. The molecular formula is C10H24N4O3S. The standard InChI is InChI=1S/C10H24N4O3S/c1-6-14(7-9(4)10(11)12-15)18(16,17)13(5)8(2)3/h8-9,15H,6-7H2,1-5H3,(H2,11,12). The third-order valence-electron chi connectivity index (χ3n) is 2.87. The van der Waals surface area contributed by atoms with E-state index in [0.717, 1.165) is 0 Å². The van der Waals surface area contributed by atoms with Gasteiger partial charge in [0.15, 0.2) is 0 Å². The Kier molecular flexibility index (Phi) is 6.58. The first-order valence-corrected chi connectivity index (χ1v) is 7.28. The van der Waals surface area contributed by atoms with Gasteiger partial charge in [0.2, 0.25) is 0 Å². The van der Waals surface area contributed by atoms with Crippen LogP contribution in [-0.2, 0) is 10.2 Å². The van der Waals surface area contributed by atoms with Crippen molar-refractivity contribution in [2.75, 3.05) is 20.1 Å². The van der Waals surface area contributed by atoms with Crippen LogP contribution >= 0.6 is 0 Å². The molecule has 0 aromatic carbocycles. The largest absolute Gasteiger partial charge is 0.409 e. The summed E-state index contributed by atoms with van der Waals surface area (Å²) < 4.78 is 27.1. The molecule has 1 unspecified atom stereocenters. The molecule has 0 aliphatic carbocycles. The van der Waals surface area contributed by atoms with Crippen LogP contribution in [0.4, 0.5) is 0 Å². The summed E-state index contributed by atoms with van der Waals surface area (Å²) in [6.07, 6.45) is 0. The van der Waals surface area contributed by atoms with Crippen molar-refractivity contribution < 1.29 is 13.6 Å². The molecule has 0 aromatic heterocycles. The summed E-state index contributed by atoms with van der Waals surface area (Å²) >= 11 is 0. The summed E-state index contributed by atoms with van der Waals surface area (Å²) in [4.78, 5) is 0. The molecule has 0 spiro atoms. The van der Waals surface area contributed by atoms with Gasteiger partial charge in [0.1, 0.15) is 5.84 Å². The Morgan fingerprint density at radius 1 is 1.39 bits per heavy atom. The van der Waals surface area contributed by atoms with Gasteiger partial charge in [-0.3, -0.25) is 0 Å². The maximum atomic E-state index is 12.3. The van der Waals surface area contributed by atoms with E-state index >= 15 is 0 Å². The molecule has 0 bridgehead atoms. The first kappa shape index (κ1) is 17.1. The van der Waals surface area contributed by atoms with Gasteiger partial charge in [-0.15, -0.1) is 0 Å². The van der Waals surface area contributed by atoms with E-state index in [0.29, 0.717) is 6.54 Å². The number of rotatable bonds is 7. The molecule has 0 aromatic rings. The minimum absolute atomic E-state index is 0.0239. The van der Waals surface area contributed by atoms with Crippen molar-refractivity contribution in [3.63, 3.8) is 0 Å². The van der Waals surface area contributed by atoms with Crippen LogP contribution in [0.2, 0.25) is 0 Å². The zero-order chi connectivity index (χ0) is 14.5. The maximum Gasteiger partial charge on any atom is 0.281 e. The van der Waals surface area contributed by atoms with Crippen molar-refractivity contribution >= 4 is 16.0 Å². The second kappa shape index (κ2) is 6.91. The normalized spacial score (nSPS) is 15.7. The molecule has 0 saturated heterocycles. The first-order chi connectivity index (χ1) is 8.18. The molecule has 0 amide bonds. The van der Waals surface area contributed by atoms with Crippen molar-refractivity contribution in [1.29, 1.82) is 0 Å². The zero-order valence-corrected chi connectivity index (χ0v) is 12.5. The molecule has 108 valence electrons. The van der Waals surface area contributed by atoms with Gasteiger partial charge in [-0.2, -0.15) is 17.0 Å². The first-order valence-electron chi connectivity index (χ1n) is 5.88. The predicted octanol–water partition coefficient (Wildman–Crippen LogP) is 0.276. The Hall–Kier alpha value is -0.860. The van der Waals surface area contributed by atoms with Crippen LogP contribution in [0, 0.1) is 5.92 Å².